The molecule has 2 saturated carbocycles. The van der Waals surface area contributed by atoms with Crippen molar-refractivity contribution < 1.29 is 4.74 Å². The number of hydrogen-bond acceptors (Lipinski definition) is 2. The fourth-order valence-corrected chi connectivity index (χ4v) is 3.25. The maximum absolute atomic E-state index is 5.67. The lowest BCUT2D eigenvalue weighted by Gasteiger charge is -2.39. The van der Waals surface area contributed by atoms with Crippen LogP contribution in [-0.2, 0) is 4.74 Å². The molecule has 1 N–H and O–H groups in total. The topological polar surface area (TPSA) is 21.3 Å². The minimum atomic E-state index is 0.560. The van der Waals surface area contributed by atoms with Crippen LogP contribution in [-0.4, -0.2) is 25.8 Å². The zero-order valence-corrected chi connectivity index (χ0v) is 12.5. The van der Waals surface area contributed by atoms with Crippen molar-refractivity contribution in [1.82, 2.24) is 5.32 Å². The van der Waals surface area contributed by atoms with Crippen molar-refractivity contribution in [2.75, 3.05) is 19.8 Å². The van der Waals surface area contributed by atoms with E-state index in [4.69, 9.17) is 4.74 Å². The predicted molar refractivity (Wildman–Crippen MR) is 76.7 cm³/mol. The maximum Gasteiger partial charge on any atom is 0.0494 e. The first-order valence-corrected chi connectivity index (χ1v) is 7.88. The average Bonchev–Trinajstić information content (AvgIpc) is 3.08. The van der Waals surface area contributed by atoms with Crippen molar-refractivity contribution >= 4 is 0 Å². The minimum Gasteiger partial charge on any atom is -0.381 e. The summed E-state index contributed by atoms with van der Waals surface area (Å²) in [6.07, 6.45) is 8.04. The zero-order valence-electron chi connectivity index (χ0n) is 12.5. The highest BCUT2D eigenvalue weighted by molar-refractivity contribution is 4.86. The van der Waals surface area contributed by atoms with Crippen LogP contribution in [0.25, 0.3) is 0 Å². The fraction of sp³-hybridized carbons (Fsp3) is 1.00. The van der Waals surface area contributed by atoms with E-state index in [2.05, 4.69) is 26.1 Å². The average molecular weight is 253 g/mol. The van der Waals surface area contributed by atoms with Crippen molar-refractivity contribution in [3.05, 3.63) is 0 Å². The Morgan fingerprint density at radius 3 is 2.67 bits per heavy atom. The fourth-order valence-electron chi connectivity index (χ4n) is 3.25. The van der Waals surface area contributed by atoms with Crippen LogP contribution >= 0.6 is 0 Å². The van der Waals surface area contributed by atoms with Gasteiger partial charge in [0.25, 0.3) is 0 Å². The van der Waals surface area contributed by atoms with Gasteiger partial charge in [0.15, 0.2) is 0 Å². The third kappa shape index (κ3) is 4.89. The summed E-state index contributed by atoms with van der Waals surface area (Å²) in [6.45, 7) is 10.3. The van der Waals surface area contributed by atoms with Gasteiger partial charge in [-0.3, -0.25) is 0 Å². The van der Waals surface area contributed by atoms with Crippen LogP contribution in [0.5, 0.6) is 0 Å². The first kappa shape index (κ1) is 14.3. The number of ether oxygens (including phenoxy) is 1. The Morgan fingerprint density at radius 2 is 2.00 bits per heavy atom. The van der Waals surface area contributed by atoms with Gasteiger partial charge in [-0.2, -0.15) is 0 Å². The number of nitrogens with one attached hydrogen (secondary N) is 1. The minimum absolute atomic E-state index is 0.560. The third-order valence-corrected chi connectivity index (χ3v) is 4.62. The van der Waals surface area contributed by atoms with Gasteiger partial charge >= 0.3 is 0 Å². The second-order valence-corrected chi connectivity index (χ2v) is 7.32. The molecule has 0 aromatic heterocycles. The molecule has 2 heteroatoms. The van der Waals surface area contributed by atoms with Gasteiger partial charge < -0.3 is 10.1 Å². The molecular formula is C16H31NO. The van der Waals surface area contributed by atoms with Gasteiger partial charge in [-0.05, 0) is 62.3 Å². The Bertz CT molecular complexity index is 247. The molecule has 2 aliphatic rings. The molecule has 0 heterocycles. The SMILES string of the molecule is CC1CC(C)(C)CCC1NCCCOCC1CC1. The quantitative estimate of drug-likeness (QED) is 0.700. The van der Waals surface area contributed by atoms with E-state index < -0.39 is 0 Å². The maximum atomic E-state index is 5.67. The van der Waals surface area contributed by atoms with Crippen LogP contribution in [0.2, 0.25) is 0 Å². The molecule has 2 nitrogen and oxygen atoms in total. The third-order valence-electron chi connectivity index (χ3n) is 4.62. The lowest BCUT2D eigenvalue weighted by Crippen LogP contribution is -2.42. The highest BCUT2D eigenvalue weighted by Gasteiger charge is 2.31. The van der Waals surface area contributed by atoms with Crippen LogP contribution in [0, 0.1) is 17.3 Å². The van der Waals surface area contributed by atoms with Gasteiger partial charge in [-0.1, -0.05) is 20.8 Å². The summed E-state index contributed by atoms with van der Waals surface area (Å²) in [4.78, 5) is 0. The molecule has 2 fully saturated rings. The molecule has 0 aromatic carbocycles. The first-order chi connectivity index (χ1) is 8.57. The van der Waals surface area contributed by atoms with Gasteiger partial charge in [0.1, 0.15) is 0 Å². The van der Waals surface area contributed by atoms with Crippen LogP contribution in [0.4, 0.5) is 0 Å². The van der Waals surface area contributed by atoms with E-state index >= 15 is 0 Å². The Labute approximate surface area is 113 Å². The van der Waals surface area contributed by atoms with E-state index in [1.165, 1.54) is 38.5 Å². The monoisotopic (exact) mass is 253 g/mol. The molecule has 2 aliphatic carbocycles. The summed E-state index contributed by atoms with van der Waals surface area (Å²) in [5, 5.41) is 3.73. The molecule has 0 spiro atoms. The number of rotatable bonds is 7. The van der Waals surface area contributed by atoms with Gasteiger partial charge in [0.2, 0.25) is 0 Å². The van der Waals surface area contributed by atoms with Crippen molar-refractivity contribution in [2.24, 2.45) is 17.3 Å². The molecule has 0 radical (unpaired) electrons. The van der Waals surface area contributed by atoms with Crippen molar-refractivity contribution in [2.45, 2.75) is 65.3 Å². The summed E-state index contributed by atoms with van der Waals surface area (Å²) in [7, 11) is 0. The van der Waals surface area contributed by atoms with Crippen LogP contribution in [0.15, 0.2) is 0 Å². The molecule has 0 aromatic rings. The molecular weight excluding hydrogens is 222 g/mol. The van der Waals surface area contributed by atoms with E-state index in [0.717, 1.165) is 37.6 Å². The summed E-state index contributed by atoms with van der Waals surface area (Å²) in [5.74, 6) is 1.72. The largest absolute Gasteiger partial charge is 0.381 e. The molecule has 0 saturated heterocycles. The molecule has 2 rings (SSSR count). The van der Waals surface area contributed by atoms with Crippen molar-refractivity contribution in [1.29, 1.82) is 0 Å². The molecule has 0 bridgehead atoms. The Kier molecular flexibility index (Phi) is 5.08. The summed E-state index contributed by atoms with van der Waals surface area (Å²) in [6, 6.07) is 0.737. The summed E-state index contributed by atoms with van der Waals surface area (Å²) in [5.41, 5.74) is 0.560. The second-order valence-electron chi connectivity index (χ2n) is 7.32. The summed E-state index contributed by atoms with van der Waals surface area (Å²) < 4.78 is 5.67. The Morgan fingerprint density at radius 1 is 1.22 bits per heavy atom. The molecule has 18 heavy (non-hydrogen) atoms. The zero-order chi connectivity index (χ0) is 13.0. The van der Waals surface area contributed by atoms with Gasteiger partial charge in [-0.25, -0.2) is 0 Å². The van der Waals surface area contributed by atoms with E-state index in [-0.39, 0.29) is 0 Å². The summed E-state index contributed by atoms with van der Waals surface area (Å²) >= 11 is 0. The standard InChI is InChI=1S/C16H31NO/c1-13-11-16(2,3)8-7-15(13)17-9-4-10-18-12-14-5-6-14/h13-15,17H,4-12H2,1-3H3. The lowest BCUT2D eigenvalue weighted by atomic mass is 9.70. The van der Waals surface area contributed by atoms with Gasteiger partial charge in [0, 0.05) is 19.3 Å². The van der Waals surface area contributed by atoms with Crippen molar-refractivity contribution in [3.8, 4) is 0 Å². The van der Waals surface area contributed by atoms with E-state index in [1.54, 1.807) is 0 Å². The Hall–Kier alpha value is -0.0800. The molecule has 106 valence electrons. The molecule has 2 atom stereocenters. The second kappa shape index (κ2) is 6.38. The number of hydrogen-bond donors (Lipinski definition) is 1. The van der Waals surface area contributed by atoms with E-state index in [1.807, 2.05) is 0 Å². The normalized spacial score (nSPS) is 31.5. The Balaban J connectivity index is 1.50. The predicted octanol–water partition coefficient (Wildman–Crippen LogP) is 3.61. The van der Waals surface area contributed by atoms with Crippen LogP contribution < -0.4 is 5.32 Å². The molecule has 2 unspecified atom stereocenters. The highest BCUT2D eigenvalue weighted by Crippen LogP contribution is 2.38. The van der Waals surface area contributed by atoms with Gasteiger partial charge in [-0.15, -0.1) is 0 Å². The van der Waals surface area contributed by atoms with Crippen molar-refractivity contribution in [3.63, 3.8) is 0 Å². The highest BCUT2D eigenvalue weighted by atomic mass is 16.5. The molecule has 0 aliphatic heterocycles. The van der Waals surface area contributed by atoms with E-state index in [0.29, 0.717) is 5.41 Å². The van der Waals surface area contributed by atoms with Crippen LogP contribution in [0.3, 0.4) is 0 Å². The smallest absolute Gasteiger partial charge is 0.0494 e. The molecule has 0 amide bonds. The van der Waals surface area contributed by atoms with Crippen LogP contribution in [0.1, 0.15) is 59.3 Å². The van der Waals surface area contributed by atoms with Gasteiger partial charge in [0.05, 0.1) is 0 Å². The lowest BCUT2D eigenvalue weighted by molar-refractivity contribution is 0.115. The first-order valence-electron chi connectivity index (χ1n) is 7.88. The van der Waals surface area contributed by atoms with E-state index in [9.17, 15) is 0 Å².